The van der Waals surface area contributed by atoms with Crippen LogP contribution in [0, 0.1) is 0 Å². The lowest BCUT2D eigenvalue weighted by atomic mass is 10.2. The van der Waals surface area contributed by atoms with Crippen LogP contribution in [0.5, 0.6) is 5.88 Å². The van der Waals surface area contributed by atoms with Crippen molar-refractivity contribution in [2.24, 2.45) is 0 Å². The second-order valence-electron chi connectivity index (χ2n) is 5.83. The molecule has 0 fully saturated rings. The van der Waals surface area contributed by atoms with Gasteiger partial charge in [-0.3, -0.25) is 4.90 Å². The molecule has 1 aromatic heterocycles. The van der Waals surface area contributed by atoms with Crippen molar-refractivity contribution in [2.75, 3.05) is 13.2 Å². The van der Waals surface area contributed by atoms with Gasteiger partial charge >= 0.3 is 0 Å². The van der Waals surface area contributed by atoms with E-state index in [0.29, 0.717) is 11.9 Å². The molecule has 4 heteroatoms. The van der Waals surface area contributed by atoms with Gasteiger partial charge in [-0.1, -0.05) is 44.2 Å². The Morgan fingerprint density at radius 3 is 2.77 bits per heavy atom. The molecule has 0 atom stereocenters. The lowest BCUT2D eigenvalue weighted by molar-refractivity contribution is 0.217. The zero-order valence-corrected chi connectivity index (χ0v) is 14.0. The summed E-state index contributed by atoms with van der Waals surface area (Å²) in [6.45, 7) is 7.83. The van der Waals surface area contributed by atoms with Gasteiger partial charge in [-0.2, -0.15) is 0 Å². The molecule has 116 valence electrons. The predicted octanol–water partition coefficient (Wildman–Crippen LogP) is 3.98. The Bertz CT molecular complexity index is 616. The highest BCUT2D eigenvalue weighted by molar-refractivity contribution is 7.99. The van der Waals surface area contributed by atoms with E-state index in [4.69, 9.17) is 4.74 Å². The number of nitrogens with zero attached hydrogens (tertiary/aromatic N) is 2. The second-order valence-corrected chi connectivity index (χ2v) is 7.42. The molecule has 0 saturated carbocycles. The lowest BCUT2D eigenvalue weighted by Crippen LogP contribution is -2.25. The fourth-order valence-electron chi connectivity index (χ4n) is 2.57. The Balaban J connectivity index is 1.73. The van der Waals surface area contributed by atoms with E-state index in [9.17, 15) is 0 Å². The first kappa shape index (κ1) is 15.4. The Labute approximate surface area is 136 Å². The second kappa shape index (κ2) is 7.16. The average molecular weight is 314 g/mol. The van der Waals surface area contributed by atoms with Crippen LogP contribution in [0.1, 0.15) is 25.0 Å². The van der Waals surface area contributed by atoms with Gasteiger partial charge in [-0.15, -0.1) is 11.8 Å². The molecule has 3 rings (SSSR count). The van der Waals surface area contributed by atoms with E-state index in [0.717, 1.165) is 30.5 Å². The zero-order valence-electron chi connectivity index (χ0n) is 13.2. The van der Waals surface area contributed by atoms with E-state index in [1.54, 1.807) is 11.8 Å². The summed E-state index contributed by atoms with van der Waals surface area (Å²) in [7, 11) is 0. The van der Waals surface area contributed by atoms with Crippen LogP contribution in [0.3, 0.4) is 0 Å². The number of hydrogen-bond donors (Lipinski definition) is 0. The summed E-state index contributed by atoms with van der Waals surface area (Å²) < 4.78 is 5.87. The Morgan fingerprint density at radius 1 is 1.18 bits per heavy atom. The highest BCUT2D eigenvalue weighted by atomic mass is 32.2. The number of rotatable bonds is 4. The summed E-state index contributed by atoms with van der Waals surface area (Å²) in [5.41, 5.74) is 2.52. The Hall–Kier alpha value is -1.52. The highest BCUT2D eigenvalue weighted by Gasteiger charge is 2.17. The standard InChI is InChI=1S/C18H22N2OS/c1-14(2)22-17-9-8-16-13-20(10-11-21-18(16)19-17)12-15-6-4-3-5-7-15/h3-9,14H,10-13H2,1-2H3. The van der Waals surface area contributed by atoms with Gasteiger partial charge in [0.15, 0.2) is 0 Å². The van der Waals surface area contributed by atoms with Crippen molar-refractivity contribution in [1.82, 2.24) is 9.88 Å². The van der Waals surface area contributed by atoms with E-state index in [-0.39, 0.29) is 0 Å². The van der Waals surface area contributed by atoms with Crippen LogP contribution >= 0.6 is 11.8 Å². The molecule has 22 heavy (non-hydrogen) atoms. The highest BCUT2D eigenvalue weighted by Crippen LogP contribution is 2.27. The Morgan fingerprint density at radius 2 is 2.00 bits per heavy atom. The fourth-order valence-corrected chi connectivity index (χ4v) is 3.34. The van der Waals surface area contributed by atoms with Crippen LogP contribution in [0.2, 0.25) is 0 Å². The molecule has 0 saturated heterocycles. The minimum atomic E-state index is 0.533. The molecule has 2 heterocycles. The molecule has 0 aliphatic carbocycles. The normalized spacial score (nSPS) is 15.2. The van der Waals surface area contributed by atoms with Gasteiger partial charge in [0.25, 0.3) is 0 Å². The quantitative estimate of drug-likeness (QED) is 0.797. The maximum atomic E-state index is 5.87. The van der Waals surface area contributed by atoms with Gasteiger partial charge in [0.1, 0.15) is 11.6 Å². The van der Waals surface area contributed by atoms with Crippen molar-refractivity contribution in [3.63, 3.8) is 0 Å². The molecule has 0 bridgehead atoms. The van der Waals surface area contributed by atoms with Crippen LogP contribution in [-0.2, 0) is 13.1 Å². The van der Waals surface area contributed by atoms with Crippen molar-refractivity contribution in [2.45, 2.75) is 37.2 Å². The van der Waals surface area contributed by atoms with Crippen molar-refractivity contribution >= 4 is 11.8 Å². The van der Waals surface area contributed by atoms with E-state index in [1.807, 2.05) is 0 Å². The van der Waals surface area contributed by atoms with Crippen LogP contribution in [0.15, 0.2) is 47.5 Å². The van der Waals surface area contributed by atoms with Crippen molar-refractivity contribution in [1.29, 1.82) is 0 Å². The van der Waals surface area contributed by atoms with Crippen molar-refractivity contribution in [3.05, 3.63) is 53.6 Å². The van der Waals surface area contributed by atoms with Crippen LogP contribution < -0.4 is 4.74 Å². The summed E-state index contributed by atoms with van der Waals surface area (Å²) in [5.74, 6) is 0.807. The molecule has 0 radical (unpaired) electrons. The minimum absolute atomic E-state index is 0.533. The molecule has 3 nitrogen and oxygen atoms in total. The molecule has 2 aromatic rings. The van der Waals surface area contributed by atoms with Gasteiger partial charge < -0.3 is 4.74 Å². The fraction of sp³-hybridized carbons (Fsp3) is 0.389. The summed E-state index contributed by atoms with van der Waals surface area (Å²) in [5, 5.41) is 1.58. The Kier molecular flexibility index (Phi) is 5.01. The van der Waals surface area contributed by atoms with Crippen LogP contribution in [0.4, 0.5) is 0 Å². The summed E-state index contributed by atoms with van der Waals surface area (Å²) >= 11 is 1.78. The maximum absolute atomic E-state index is 5.87. The first-order chi connectivity index (χ1) is 10.7. The molecule has 0 amide bonds. The van der Waals surface area contributed by atoms with Crippen LogP contribution in [-0.4, -0.2) is 28.3 Å². The van der Waals surface area contributed by atoms with Crippen molar-refractivity contribution in [3.8, 4) is 5.88 Å². The summed E-state index contributed by atoms with van der Waals surface area (Å²) in [6, 6.07) is 14.9. The molecule has 1 aromatic carbocycles. The van der Waals surface area contributed by atoms with Gasteiger partial charge in [-0.25, -0.2) is 4.98 Å². The van der Waals surface area contributed by atoms with E-state index in [2.05, 4.69) is 66.2 Å². The van der Waals surface area contributed by atoms with Gasteiger partial charge in [0.2, 0.25) is 5.88 Å². The predicted molar refractivity (Wildman–Crippen MR) is 91.3 cm³/mol. The third-order valence-corrected chi connectivity index (χ3v) is 4.50. The smallest absolute Gasteiger partial charge is 0.218 e. The molecular weight excluding hydrogens is 292 g/mol. The molecular formula is C18H22N2OS. The van der Waals surface area contributed by atoms with Gasteiger partial charge in [-0.05, 0) is 17.7 Å². The SMILES string of the molecule is CC(C)Sc1ccc2c(n1)OCCN(Cc1ccccc1)C2. The minimum Gasteiger partial charge on any atom is -0.476 e. The molecule has 0 spiro atoms. The lowest BCUT2D eigenvalue weighted by Gasteiger charge is -2.19. The molecule has 1 aliphatic rings. The number of ether oxygens (including phenoxy) is 1. The third kappa shape index (κ3) is 4.02. The molecule has 1 aliphatic heterocycles. The topological polar surface area (TPSA) is 25.4 Å². The number of pyridine rings is 1. The number of benzene rings is 1. The molecule has 0 N–H and O–H groups in total. The number of thioether (sulfide) groups is 1. The monoisotopic (exact) mass is 314 g/mol. The maximum Gasteiger partial charge on any atom is 0.218 e. The summed E-state index contributed by atoms with van der Waals surface area (Å²) in [4.78, 5) is 7.08. The van der Waals surface area contributed by atoms with Crippen molar-refractivity contribution < 1.29 is 4.74 Å². The summed E-state index contributed by atoms with van der Waals surface area (Å²) in [6.07, 6.45) is 0. The van der Waals surface area contributed by atoms with Gasteiger partial charge in [0, 0.05) is 30.4 Å². The molecule has 0 unspecified atom stereocenters. The number of hydrogen-bond acceptors (Lipinski definition) is 4. The van der Waals surface area contributed by atoms with E-state index < -0.39 is 0 Å². The van der Waals surface area contributed by atoms with Crippen LogP contribution in [0.25, 0.3) is 0 Å². The number of aromatic nitrogens is 1. The third-order valence-electron chi connectivity index (χ3n) is 3.56. The largest absolute Gasteiger partial charge is 0.476 e. The van der Waals surface area contributed by atoms with E-state index in [1.165, 1.54) is 11.1 Å². The first-order valence-corrected chi connectivity index (χ1v) is 8.64. The van der Waals surface area contributed by atoms with Gasteiger partial charge in [0.05, 0.1) is 0 Å². The van der Waals surface area contributed by atoms with E-state index >= 15 is 0 Å². The average Bonchev–Trinajstić information content (AvgIpc) is 2.69. The zero-order chi connectivity index (χ0) is 15.4. The first-order valence-electron chi connectivity index (χ1n) is 7.76. The number of fused-ring (bicyclic) bond motifs is 1.